The SMILES string of the molecule is CCN(CCc1ccc(C(=O)OC)cc1)S(C)(=O)=O. The van der Waals surface area contributed by atoms with Gasteiger partial charge in [0.25, 0.3) is 0 Å². The van der Waals surface area contributed by atoms with E-state index in [1.165, 1.54) is 17.7 Å². The minimum absolute atomic E-state index is 0.377. The van der Waals surface area contributed by atoms with Crippen LogP contribution >= 0.6 is 0 Å². The maximum absolute atomic E-state index is 11.4. The van der Waals surface area contributed by atoms with Crippen LogP contribution in [0.15, 0.2) is 24.3 Å². The summed E-state index contributed by atoms with van der Waals surface area (Å²) in [4.78, 5) is 11.3. The average Bonchev–Trinajstić information content (AvgIpc) is 2.37. The molecule has 0 atom stereocenters. The molecule has 0 radical (unpaired) electrons. The summed E-state index contributed by atoms with van der Waals surface area (Å²) in [7, 11) is -1.82. The molecule has 106 valence electrons. The van der Waals surface area contributed by atoms with Gasteiger partial charge >= 0.3 is 5.97 Å². The van der Waals surface area contributed by atoms with Crippen molar-refractivity contribution in [3.8, 4) is 0 Å². The van der Waals surface area contributed by atoms with Crippen molar-refractivity contribution in [3.63, 3.8) is 0 Å². The van der Waals surface area contributed by atoms with Crippen LogP contribution in [-0.2, 0) is 21.2 Å². The monoisotopic (exact) mass is 285 g/mol. The minimum Gasteiger partial charge on any atom is -0.465 e. The Morgan fingerprint density at radius 1 is 1.26 bits per heavy atom. The average molecular weight is 285 g/mol. The van der Waals surface area contributed by atoms with E-state index in [0.29, 0.717) is 25.1 Å². The van der Waals surface area contributed by atoms with Crippen molar-refractivity contribution in [1.29, 1.82) is 0 Å². The molecule has 0 unspecified atom stereocenters. The minimum atomic E-state index is -3.15. The van der Waals surface area contributed by atoms with Crippen molar-refractivity contribution >= 4 is 16.0 Å². The zero-order valence-corrected chi connectivity index (χ0v) is 12.2. The molecule has 1 aromatic carbocycles. The summed E-state index contributed by atoms with van der Waals surface area (Å²) in [6, 6.07) is 6.97. The van der Waals surface area contributed by atoms with Gasteiger partial charge < -0.3 is 4.74 Å². The zero-order valence-electron chi connectivity index (χ0n) is 11.4. The molecule has 0 aliphatic heterocycles. The van der Waals surface area contributed by atoms with Crippen molar-refractivity contribution < 1.29 is 17.9 Å². The van der Waals surface area contributed by atoms with E-state index < -0.39 is 10.0 Å². The number of hydrogen-bond acceptors (Lipinski definition) is 4. The summed E-state index contributed by atoms with van der Waals surface area (Å²) >= 11 is 0. The lowest BCUT2D eigenvalue weighted by Crippen LogP contribution is -2.31. The molecule has 19 heavy (non-hydrogen) atoms. The number of ether oxygens (including phenoxy) is 1. The third-order valence-corrected chi connectivity index (χ3v) is 4.23. The zero-order chi connectivity index (χ0) is 14.5. The largest absolute Gasteiger partial charge is 0.465 e. The second-order valence-electron chi connectivity index (χ2n) is 4.19. The predicted octanol–water partition coefficient (Wildman–Crippen LogP) is 1.30. The lowest BCUT2D eigenvalue weighted by molar-refractivity contribution is 0.0600. The van der Waals surface area contributed by atoms with E-state index in [1.54, 1.807) is 19.1 Å². The fraction of sp³-hybridized carbons (Fsp3) is 0.462. The van der Waals surface area contributed by atoms with E-state index in [-0.39, 0.29) is 5.97 Å². The van der Waals surface area contributed by atoms with Crippen molar-refractivity contribution in [3.05, 3.63) is 35.4 Å². The molecule has 1 rings (SSSR count). The normalized spacial score (nSPS) is 11.6. The number of hydrogen-bond donors (Lipinski definition) is 0. The van der Waals surface area contributed by atoms with Crippen LogP contribution in [0.25, 0.3) is 0 Å². The Morgan fingerprint density at radius 2 is 1.84 bits per heavy atom. The third-order valence-electron chi connectivity index (χ3n) is 2.85. The van der Waals surface area contributed by atoms with Crippen LogP contribution in [0.2, 0.25) is 0 Å². The maximum Gasteiger partial charge on any atom is 0.337 e. The maximum atomic E-state index is 11.4. The first-order valence-electron chi connectivity index (χ1n) is 6.01. The Balaban J connectivity index is 2.66. The fourth-order valence-corrected chi connectivity index (χ4v) is 2.63. The van der Waals surface area contributed by atoms with Crippen LogP contribution in [0.1, 0.15) is 22.8 Å². The van der Waals surface area contributed by atoms with Gasteiger partial charge in [-0.05, 0) is 24.1 Å². The van der Waals surface area contributed by atoms with Crippen LogP contribution in [0.4, 0.5) is 0 Å². The first-order chi connectivity index (χ1) is 8.88. The number of nitrogens with zero attached hydrogens (tertiary/aromatic N) is 1. The highest BCUT2D eigenvalue weighted by Gasteiger charge is 2.13. The van der Waals surface area contributed by atoms with Gasteiger partial charge in [0, 0.05) is 13.1 Å². The number of sulfonamides is 1. The molecule has 1 aromatic rings. The molecule has 0 amide bonds. The molecule has 0 saturated carbocycles. The van der Waals surface area contributed by atoms with Crippen LogP contribution in [0.5, 0.6) is 0 Å². The van der Waals surface area contributed by atoms with Gasteiger partial charge in [0.1, 0.15) is 0 Å². The van der Waals surface area contributed by atoms with E-state index in [1.807, 2.05) is 12.1 Å². The van der Waals surface area contributed by atoms with Gasteiger partial charge in [0.05, 0.1) is 18.9 Å². The second kappa shape index (κ2) is 6.68. The van der Waals surface area contributed by atoms with Gasteiger partial charge in [-0.25, -0.2) is 17.5 Å². The highest BCUT2D eigenvalue weighted by molar-refractivity contribution is 7.88. The van der Waals surface area contributed by atoms with Gasteiger partial charge in [0.2, 0.25) is 10.0 Å². The van der Waals surface area contributed by atoms with Crippen molar-refractivity contribution in [2.24, 2.45) is 0 Å². The number of likely N-dealkylation sites (N-methyl/N-ethyl adjacent to an activating group) is 1. The van der Waals surface area contributed by atoms with Gasteiger partial charge in [0.15, 0.2) is 0 Å². The summed E-state index contributed by atoms with van der Waals surface area (Å²) in [6.45, 7) is 2.70. The number of rotatable bonds is 6. The van der Waals surface area contributed by atoms with Gasteiger partial charge in [-0.2, -0.15) is 0 Å². The molecule has 0 bridgehead atoms. The molecule has 5 nitrogen and oxygen atoms in total. The Bertz CT molecular complexity index is 522. The van der Waals surface area contributed by atoms with Crippen molar-refractivity contribution in [2.45, 2.75) is 13.3 Å². The Morgan fingerprint density at radius 3 is 2.26 bits per heavy atom. The molecule has 0 aliphatic rings. The quantitative estimate of drug-likeness (QED) is 0.739. The van der Waals surface area contributed by atoms with Crippen LogP contribution in [-0.4, -0.2) is 45.1 Å². The second-order valence-corrected chi connectivity index (χ2v) is 6.18. The van der Waals surface area contributed by atoms with Crippen molar-refractivity contribution in [2.75, 3.05) is 26.5 Å². The first-order valence-corrected chi connectivity index (χ1v) is 7.85. The smallest absolute Gasteiger partial charge is 0.337 e. The predicted molar refractivity (Wildman–Crippen MR) is 73.6 cm³/mol. The van der Waals surface area contributed by atoms with E-state index in [4.69, 9.17) is 0 Å². The molecule has 0 aromatic heterocycles. The topological polar surface area (TPSA) is 63.7 Å². The third kappa shape index (κ3) is 4.65. The molecular formula is C13H19NO4S. The number of methoxy groups -OCH3 is 1. The van der Waals surface area contributed by atoms with Crippen molar-refractivity contribution in [1.82, 2.24) is 4.31 Å². The van der Waals surface area contributed by atoms with Gasteiger partial charge in [-0.15, -0.1) is 0 Å². The molecule has 0 fully saturated rings. The van der Waals surface area contributed by atoms with Crippen LogP contribution < -0.4 is 0 Å². The van der Waals surface area contributed by atoms with E-state index in [0.717, 1.165) is 5.56 Å². The van der Waals surface area contributed by atoms with E-state index in [9.17, 15) is 13.2 Å². The van der Waals surface area contributed by atoms with E-state index in [2.05, 4.69) is 4.74 Å². The molecule has 0 saturated heterocycles. The van der Waals surface area contributed by atoms with Gasteiger partial charge in [-0.3, -0.25) is 0 Å². The Labute approximate surface area is 114 Å². The molecular weight excluding hydrogens is 266 g/mol. The number of esters is 1. The summed E-state index contributed by atoms with van der Waals surface area (Å²) in [5, 5.41) is 0. The standard InChI is InChI=1S/C13H19NO4S/c1-4-14(19(3,16)17)10-9-11-5-7-12(8-6-11)13(15)18-2/h5-8H,4,9-10H2,1-3H3. The molecule has 0 heterocycles. The molecule has 0 N–H and O–H groups in total. The first kappa shape index (κ1) is 15.7. The number of carbonyl (C=O) groups excluding carboxylic acids is 1. The summed E-state index contributed by atoms with van der Waals surface area (Å²) in [6.07, 6.45) is 1.82. The summed E-state index contributed by atoms with van der Waals surface area (Å²) in [5.74, 6) is -0.377. The molecule has 0 spiro atoms. The summed E-state index contributed by atoms with van der Waals surface area (Å²) < 4.78 is 28.9. The molecule has 6 heteroatoms. The number of carbonyl (C=O) groups is 1. The summed E-state index contributed by atoms with van der Waals surface area (Å²) in [5.41, 5.74) is 1.47. The highest BCUT2D eigenvalue weighted by atomic mass is 32.2. The highest BCUT2D eigenvalue weighted by Crippen LogP contribution is 2.08. The van der Waals surface area contributed by atoms with Crippen LogP contribution in [0, 0.1) is 0 Å². The fourth-order valence-electron chi connectivity index (χ4n) is 1.74. The lowest BCUT2D eigenvalue weighted by Gasteiger charge is -2.17. The number of benzene rings is 1. The van der Waals surface area contributed by atoms with Gasteiger partial charge in [-0.1, -0.05) is 19.1 Å². The van der Waals surface area contributed by atoms with Crippen LogP contribution in [0.3, 0.4) is 0 Å². The Kier molecular flexibility index (Phi) is 5.50. The van der Waals surface area contributed by atoms with E-state index >= 15 is 0 Å². The Hall–Kier alpha value is -1.40. The molecule has 0 aliphatic carbocycles. The lowest BCUT2D eigenvalue weighted by atomic mass is 10.1.